The topological polar surface area (TPSA) is 97.2 Å². The Kier molecular flexibility index (Phi) is 6.03. The minimum Gasteiger partial charge on any atom is -0.325 e. The molecule has 10 heteroatoms. The van der Waals surface area contributed by atoms with E-state index < -0.39 is 10.0 Å². The van der Waals surface area contributed by atoms with Gasteiger partial charge in [-0.25, -0.2) is 13.1 Å². The maximum Gasteiger partial charge on any atom is 0.243 e. The van der Waals surface area contributed by atoms with Gasteiger partial charge in [0.2, 0.25) is 15.9 Å². The number of fused-ring (bicyclic) bond motifs is 1. The maximum atomic E-state index is 12.9. The van der Waals surface area contributed by atoms with E-state index in [1.807, 2.05) is 0 Å². The third kappa shape index (κ3) is 4.33. The number of aryl methyl sites for hydroxylation is 1. The maximum absolute atomic E-state index is 12.9. The normalized spacial score (nSPS) is 15.4. The lowest BCUT2D eigenvalue weighted by Gasteiger charge is -2.25. The van der Waals surface area contributed by atoms with Crippen LogP contribution in [0.5, 0.6) is 0 Å². The van der Waals surface area contributed by atoms with E-state index in [2.05, 4.69) is 15.6 Å². The van der Waals surface area contributed by atoms with Crippen molar-refractivity contribution in [2.45, 2.75) is 37.1 Å². The molecule has 0 aliphatic carbocycles. The number of carbonyl (C=O) groups excluding carboxylic acids is 1. The van der Waals surface area contributed by atoms with E-state index in [1.165, 1.54) is 4.31 Å². The van der Waals surface area contributed by atoms with E-state index in [0.29, 0.717) is 41.4 Å². The fourth-order valence-corrected chi connectivity index (χ4v) is 5.24. The second-order valence-corrected chi connectivity index (χ2v) is 9.55. The molecule has 0 atom stereocenters. The number of carbonyl (C=O) groups is 1. The predicted octanol–water partition coefficient (Wildman–Crippen LogP) is 3.29. The fourth-order valence-electron chi connectivity index (χ4n) is 3.51. The van der Waals surface area contributed by atoms with Crippen molar-refractivity contribution in [2.75, 3.05) is 18.4 Å². The van der Waals surface area contributed by atoms with Crippen molar-refractivity contribution in [3.05, 3.63) is 47.5 Å². The molecule has 2 aromatic carbocycles. The van der Waals surface area contributed by atoms with Crippen molar-refractivity contribution < 1.29 is 13.2 Å². The van der Waals surface area contributed by atoms with Gasteiger partial charge in [0, 0.05) is 19.5 Å². The van der Waals surface area contributed by atoms with Crippen LogP contribution in [-0.2, 0) is 21.4 Å². The van der Waals surface area contributed by atoms with E-state index in [4.69, 9.17) is 11.6 Å². The van der Waals surface area contributed by atoms with Gasteiger partial charge in [0.25, 0.3) is 0 Å². The second kappa shape index (κ2) is 8.71. The highest BCUT2D eigenvalue weighted by Gasteiger charge is 2.26. The molecule has 1 amide bonds. The number of piperidine rings is 1. The third-order valence-electron chi connectivity index (χ3n) is 5.14. The van der Waals surface area contributed by atoms with Gasteiger partial charge in [0.15, 0.2) is 0 Å². The molecule has 1 aliphatic heterocycles. The minimum atomic E-state index is -3.53. The Hall–Kier alpha value is -2.49. The van der Waals surface area contributed by atoms with Crippen molar-refractivity contribution in [1.29, 1.82) is 0 Å². The van der Waals surface area contributed by atoms with Crippen LogP contribution < -0.4 is 5.32 Å². The van der Waals surface area contributed by atoms with Crippen LogP contribution >= 0.6 is 11.6 Å². The zero-order chi connectivity index (χ0) is 21.1. The number of sulfonamides is 1. The van der Waals surface area contributed by atoms with E-state index in [1.54, 1.807) is 47.1 Å². The molecular formula is C20H22ClN5O3S. The number of aromatic nitrogens is 3. The lowest BCUT2D eigenvalue weighted by molar-refractivity contribution is -0.116. The van der Waals surface area contributed by atoms with Crippen LogP contribution in [0.4, 0.5) is 5.69 Å². The molecular weight excluding hydrogens is 426 g/mol. The lowest BCUT2D eigenvalue weighted by Crippen LogP contribution is -2.35. The molecule has 0 unspecified atom stereocenters. The summed E-state index contributed by atoms with van der Waals surface area (Å²) in [4.78, 5) is 12.5. The van der Waals surface area contributed by atoms with Crippen molar-refractivity contribution in [1.82, 2.24) is 19.3 Å². The number of halogens is 1. The van der Waals surface area contributed by atoms with Gasteiger partial charge in [0.05, 0.1) is 27.7 Å². The average Bonchev–Trinajstić information content (AvgIpc) is 3.17. The Labute approximate surface area is 179 Å². The molecule has 8 nitrogen and oxygen atoms in total. The zero-order valence-corrected chi connectivity index (χ0v) is 17.9. The molecule has 2 heterocycles. The van der Waals surface area contributed by atoms with Crippen LogP contribution in [0.3, 0.4) is 0 Å². The van der Waals surface area contributed by atoms with Gasteiger partial charge < -0.3 is 5.32 Å². The number of rotatable bonds is 6. The average molecular weight is 448 g/mol. The van der Waals surface area contributed by atoms with E-state index in [0.717, 1.165) is 19.3 Å². The van der Waals surface area contributed by atoms with Crippen LogP contribution in [0.1, 0.15) is 25.7 Å². The smallest absolute Gasteiger partial charge is 0.243 e. The predicted molar refractivity (Wildman–Crippen MR) is 115 cm³/mol. The van der Waals surface area contributed by atoms with E-state index in [9.17, 15) is 13.2 Å². The van der Waals surface area contributed by atoms with E-state index >= 15 is 0 Å². The number of nitrogens with zero attached hydrogens (tertiary/aromatic N) is 4. The summed E-state index contributed by atoms with van der Waals surface area (Å²) in [5.74, 6) is -0.198. The minimum absolute atomic E-state index is 0.178. The summed E-state index contributed by atoms with van der Waals surface area (Å²) >= 11 is 6.06. The fraction of sp³-hybridized carbons (Fsp3) is 0.350. The monoisotopic (exact) mass is 447 g/mol. The van der Waals surface area contributed by atoms with Crippen molar-refractivity contribution in [2.24, 2.45) is 0 Å². The Morgan fingerprint density at radius 1 is 1.10 bits per heavy atom. The highest BCUT2D eigenvalue weighted by Crippen LogP contribution is 2.24. The van der Waals surface area contributed by atoms with Gasteiger partial charge in [-0.05, 0) is 43.2 Å². The number of anilines is 1. The van der Waals surface area contributed by atoms with Gasteiger partial charge in [-0.3, -0.25) is 4.79 Å². The first-order valence-electron chi connectivity index (χ1n) is 9.83. The Morgan fingerprint density at radius 3 is 2.63 bits per heavy atom. The number of amides is 1. The van der Waals surface area contributed by atoms with Crippen molar-refractivity contribution >= 4 is 44.3 Å². The molecule has 1 saturated heterocycles. The molecule has 1 aromatic heterocycles. The first-order chi connectivity index (χ1) is 14.4. The molecule has 1 fully saturated rings. The Morgan fingerprint density at radius 2 is 1.87 bits per heavy atom. The molecule has 0 saturated carbocycles. The Bertz CT molecular complexity index is 1170. The number of para-hydroxylation sites is 1. The third-order valence-corrected chi connectivity index (χ3v) is 7.36. The summed E-state index contributed by atoms with van der Waals surface area (Å²) in [5, 5.41) is 11.4. The van der Waals surface area contributed by atoms with Crippen LogP contribution in [0.2, 0.25) is 5.02 Å². The SMILES string of the molecule is O=C(CCn1nnc2cc(S(=O)(=O)N3CCCCC3)ccc21)Nc1ccccc1Cl. The van der Waals surface area contributed by atoms with Gasteiger partial charge >= 0.3 is 0 Å². The van der Waals surface area contributed by atoms with Gasteiger partial charge in [-0.1, -0.05) is 35.4 Å². The number of benzene rings is 2. The molecule has 0 spiro atoms. The number of hydrogen-bond donors (Lipinski definition) is 1. The number of hydrogen-bond acceptors (Lipinski definition) is 5. The first kappa shape index (κ1) is 20.8. The summed E-state index contributed by atoms with van der Waals surface area (Å²) in [6, 6.07) is 11.8. The van der Waals surface area contributed by atoms with Crippen LogP contribution in [0.15, 0.2) is 47.4 Å². The molecule has 158 valence electrons. The first-order valence-corrected chi connectivity index (χ1v) is 11.6. The second-order valence-electron chi connectivity index (χ2n) is 7.21. The van der Waals surface area contributed by atoms with Crippen LogP contribution in [0, 0.1) is 0 Å². The zero-order valence-electron chi connectivity index (χ0n) is 16.3. The molecule has 3 aromatic rings. The standard InChI is InChI=1S/C20H22ClN5O3S/c21-16-6-2-3-7-17(16)22-20(27)10-13-26-19-9-8-15(14-18(19)23-24-26)30(28,29)25-11-4-1-5-12-25/h2-3,6-9,14H,1,4-5,10-13H2,(H,22,27). The summed E-state index contributed by atoms with van der Waals surface area (Å²) < 4.78 is 28.8. The quantitative estimate of drug-likeness (QED) is 0.625. The number of nitrogens with one attached hydrogen (secondary N) is 1. The van der Waals surface area contributed by atoms with Crippen molar-refractivity contribution in [3.63, 3.8) is 0 Å². The lowest BCUT2D eigenvalue weighted by atomic mass is 10.2. The highest BCUT2D eigenvalue weighted by atomic mass is 35.5. The summed E-state index contributed by atoms with van der Waals surface area (Å²) in [5.41, 5.74) is 1.72. The van der Waals surface area contributed by atoms with Crippen molar-refractivity contribution in [3.8, 4) is 0 Å². The van der Waals surface area contributed by atoms with Crippen LogP contribution in [0.25, 0.3) is 11.0 Å². The molecule has 0 bridgehead atoms. The molecule has 30 heavy (non-hydrogen) atoms. The van der Waals surface area contributed by atoms with E-state index in [-0.39, 0.29) is 17.2 Å². The summed E-state index contributed by atoms with van der Waals surface area (Å²) in [7, 11) is -3.53. The molecule has 1 N–H and O–H groups in total. The highest BCUT2D eigenvalue weighted by molar-refractivity contribution is 7.89. The summed E-state index contributed by atoms with van der Waals surface area (Å²) in [6.07, 6.45) is 3.00. The molecule has 1 aliphatic rings. The molecule has 4 rings (SSSR count). The largest absolute Gasteiger partial charge is 0.325 e. The summed E-state index contributed by atoms with van der Waals surface area (Å²) in [6.45, 7) is 1.41. The van der Waals surface area contributed by atoms with Gasteiger partial charge in [-0.2, -0.15) is 4.31 Å². The Balaban J connectivity index is 1.46. The van der Waals surface area contributed by atoms with Gasteiger partial charge in [-0.15, -0.1) is 5.10 Å². The molecule has 0 radical (unpaired) electrons. The van der Waals surface area contributed by atoms with Crippen LogP contribution in [-0.4, -0.2) is 46.7 Å². The van der Waals surface area contributed by atoms with Gasteiger partial charge in [0.1, 0.15) is 5.52 Å².